The second kappa shape index (κ2) is 7.53. The number of hydrogen-bond donors (Lipinski definition) is 0. The summed E-state index contributed by atoms with van der Waals surface area (Å²) in [6.45, 7) is 9.16. The Hall–Kier alpha value is -3.28. The normalized spacial score (nSPS) is 12.9. The first-order chi connectivity index (χ1) is 12.9. The van der Waals surface area contributed by atoms with Gasteiger partial charge in [0, 0.05) is 17.7 Å². The highest BCUT2D eigenvalue weighted by atomic mass is 16.6. The van der Waals surface area contributed by atoms with Crippen molar-refractivity contribution in [1.82, 2.24) is 0 Å². The topological polar surface area (TPSA) is 78.9 Å². The first-order valence-corrected chi connectivity index (χ1v) is 8.47. The molecule has 0 aliphatic carbocycles. The number of furan rings is 1. The molecule has 0 saturated carbocycles. The average Bonchev–Trinajstić information content (AvgIpc) is 3.10. The molecule has 1 atom stereocenters. The number of allylic oxidation sites excluding steroid dienone is 1. The van der Waals surface area contributed by atoms with Crippen LogP contribution in [-0.2, 0) is 9.53 Å². The second-order valence-corrected chi connectivity index (χ2v) is 6.23. The first kappa shape index (κ1) is 18.5. The molecule has 2 heterocycles. The van der Waals surface area contributed by atoms with E-state index in [0.29, 0.717) is 33.4 Å². The minimum atomic E-state index is -0.625. The van der Waals surface area contributed by atoms with E-state index in [1.165, 1.54) is 12.3 Å². The summed E-state index contributed by atoms with van der Waals surface area (Å²) in [6, 6.07) is 6.37. The van der Waals surface area contributed by atoms with Crippen molar-refractivity contribution in [1.29, 1.82) is 0 Å². The van der Waals surface area contributed by atoms with E-state index in [-0.39, 0.29) is 6.61 Å². The number of fused-ring (bicyclic) bond motifs is 2. The lowest BCUT2D eigenvalue weighted by atomic mass is 10.1. The van der Waals surface area contributed by atoms with Crippen molar-refractivity contribution in [3.05, 3.63) is 64.7 Å². The van der Waals surface area contributed by atoms with Gasteiger partial charge in [-0.25, -0.2) is 9.59 Å². The molecule has 0 aliphatic rings. The van der Waals surface area contributed by atoms with Gasteiger partial charge in [0.15, 0.2) is 6.10 Å². The molecule has 0 radical (unpaired) electrons. The molecule has 1 aromatic carbocycles. The molecule has 0 saturated heterocycles. The standard InChI is InChI=1S/C21H20O6/c1-5-13(4)21(23)27-18(12(2)3)11-25-20-14-6-7-19(22)26-17(14)10-16-15(20)8-9-24-16/h5-10,18H,2,11H2,1,3-4H3/t18-/m1/s1. The Morgan fingerprint density at radius 3 is 2.67 bits per heavy atom. The van der Waals surface area contributed by atoms with E-state index in [2.05, 4.69) is 6.58 Å². The van der Waals surface area contributed by atoms with E-state index in [1.807, 2.05) is 0 Å². The molecule has 0 aliphatic heterocycles. The van der Waals surface area contributed by atoms with Gasteiger partial charge in [0.2, 0.25) is 0 Å². The lowest BCUT2D eigenvalue weighted by Gasteiger charge is -2.19. The predicted octanol–water partition coefficient (Wildman–Crippen LogP) is 4.37. The summed E-state index contributed by atoms with van der Waals surface area (Å²) in [5.41, 5.74) is 1.58. The minimum absolute atomic E-state index is 0.0661. The molecule has 140 valence electrons. The van der Waals surface area contributed by atoms with E-state index in [1.54, 1.807) is 45.0 Å². The highest BCUT2D eigenvalue weighted by molar-refractivity contribution is 6.01. The van der Waals surface area contributed by atoms with Crippen molar-refractivity contribution in [2.75, 3.05) is 6.61 Å². The Bertz CT molecular complexity index is 1100. The Labute approximate surface area is 155 Å². The Morgan fingerprint density at radius 1 is 1.22 bits per heavy atom. The zero-order chi connectivity index (χ0) is 19.6. The van der Waals surface area contributed by atoms with Gasteiger partial charge >= 0.3 is 11.6 Å². The van der Waals surface area contributed by atoms with E-state index < -0.39 is 17.7 Å². The molecule has 0 spiro atoms. The van der Waals surface area contributed by atoms with Crippen LogP contribution < -0.4 is 10.4 Å². The van der Waals surface area contributed by atoms with Gasteiger partial charge in [-0.3, -0.25) is 0 Å². The van der Waals surface area contributed by atoms with Crippen LogP contribution in [0.15, 0.2) is 68.0 Å². The average molecular weight is 368 g/mol. The monoisotopic (exact) mass is 368 g/mol. The van der Waals surface area contributed by atoms with Crippen molar-refractivity contribution in [3.63, 3.8) is 0 Å². The van der Waals surface area contributed by atoms with Crippen LogP contribution in [0.5, 0.6) is 5.75 Å². The third kappa shape index (κ3) is 3.79. The highest BCUT2D eigenvalue weighted by Gasteiger charge is 2.20. The molecule has 3 rings (SSSR count). The zero-order valence-corrected chi connectivity index (χ0v) is 15.4. The van der Waals surface area contributed by atoms with Crippen LogP contribution in [0.3, 0.4) is 0 Å². The summed E-state index contributed by atoms with van der Waals surface area (Å²) in [6.07, 6.45) is 2.58. The fourth-order valence-electron chi connectivity index (χ4n) is 2.54. The Balaban J connectivity index is 1.94. The van der Waals surface area contributed by atoms with E-state index in [4.69, 9.17) is 18.3 Å². The lowest BCUT2D eigenvalue weighted by Crippen LogP contribution is -2.26. The molecule has 3 aromatic rings. The van der Waals surface area contributed by atoms with E-state index in [0.717, 1.165) is 5.39 Å². The van der Waals surface area contributed by atoms with Gasteiger partial charge < -0.3 is 18.3 Å². The number of rotatable bonds is 6. The molecule has 0 amide bonds. The zero-order valence-electron chi connectivity index (χ0n) is 15.4. The summed E-state index contributed by atoms with van der Waals surface area (Å²) in [5, 5.41) is 1.35. The maximum atomic E-state index is 12.1. The molecule has 0 bridgehead atoms. The largest absolute Gasteiger partial charge is 0.488 e. The summed E-state index contributed by atoms with van der Waals surface area (Å²) in [5.74, 6) is 0.0662. The number of esters is 1. The van der Waals surface area contributed by atoms with Crippen LogP contribution in [0.25, 0.3) is 21.9 Å². The van der Waals surface area contributed by atoms with Gasteiger partial charge in [0.1, 0.15) is 23.5 Å². The summed E-state index contributed by atoms with van der Waals surface area (Å²) in [7, 11) is 0. The number of carbonyl (C=O) groups is 1. The van der Waals surface area contributed by atoms with Crippen LogP contribution in [0.2, 0.25) is 0 Å². The molecular weight excluding hydrogens is 348 g/mol. The number of benzene rings is 1. The highest BCUT2D eigenvalue weighted by Crippen LogP contribution is 2.35. The van der Waals surface area contributed by atoms with Crippen molar-refractivity contribution < 1.29 is 23.1 Å². The third-order valence-corrected chi connectivity index (χ3v) is 4.24. The molecule has 2 aromatic heterocycles. The molecule has 0 unspecified atom stereocenters. The maximum absolute atomic E-state index is 12.1. The van der Waals surface area contributed by atoms with E-state index in [9.17, 15) is 9.59 Å². The van der Waals surface area contributed by atoms with Crippen molar-refractivity contribution in [2.45, 2.75) is 26.9 Å². The lowest BCUT2D eigenvalue weighted by molar-refractivity contribution is -0.143. The number of ether oxygens (including phenoxy) is 2. The molecule has 0 fully saturated rings. The van der Waals surface area contributed by atoms with Gasteiger partial charge in [0.05, 0.1) is 17.0 Å². The molecule has 6 nitrogen and oxygen atoms in total. The smallest absolute Gasteiger partial charge is 0.336 e. The van der Waals surface area contributed by atoms with Crippen molar-refractivity contribution in [2.24, 2.45) is 0 Å². The van der Waals surface area contributed by atoms with Gasteiger partial charge in [0.25, 0.3) is 0 Å². The molecular formula is C21H20O6. The van der Waals surface area contributed by atoms with Crippen LogP contribution in [0, 0.1) is 0 Å². The van der Waals surface area contributed by atoms with Gasteiger partial charge in [-0.05, 0) is 38.5 Å². The van der Waals surface area contributed by atoms with Crippen LogP contribution in [0.1, 0.15) is 20.8 Å². The first-order valence-electron chi connectivity index (χ1n) is 8.47. The molecule has 0 N–H and O–H groups in total. The van der Waals surface area contributed by atoms with Gasteiger partial charge in [-0.15, -0.1) is 0 Å². The number of carbonyl (C=O) groups excluding carboxylic acids is 1. The van der Waals surface area contributed by atoms with Crippen molar-refractivity contribution >= 4 is 27.9 Å². The van der Waals surface area contributed by atoms with Crippen LogP contribution in [-0.4, -0.2) is 18.7 Å². The SMILES string of the molecule is C=C(C)[C@@H](COc1c2ccoc2cc2oc(=O)ccc12)OC(=O)C(C)=CC. The number of hydrogen-bond acceptors (Lipinski definition) is 6. The van der Waals surface area contributed by atoms with Crippen LogP contribution in [0.4, 0.5) is 0 Å². The quantitative estimate of drug-likeness (QED) is 0.278. The fraction of sp³-hybridized carbons (Fsp3) is 0.238. The minimum Gasteiger partial charge on any atom is -0.488 e. The van der Waals surface area contributed by atoms with Gasteiger partial charge in [-0.2, -0.15) is 0 Å². The van der Waals surface area contributed by atoms with Crippen molar-refractivity contribution in [3.8, 4) is 5.75 Å². The summed E-state index contributed by atoms with van der Waals surface area (Å²) in [4.78, 5) is 23.6. The van der Waals surface area contributed by atoms with Crippen LogP contribution >= 0.6 is 0 Å². The molecule has 6 heteroatoms. The summed E-state index contributed by atoms with van der Waals surface area (Å²) < 4.78 is 22.1. The van der Waals surface area contributed by atoms with Gasteiger partial charge in [-0.1, -0.05) is 12.7 Å². The Morgan fingerprint density at radius 2 is 1.96 bits per heavy atom. The Kier molecular flexibility index (Phi) is 5.16. The fourth-order valence-corrected chi connectivity index (χ4v) is 2.54. The summed E-state index contributed by atoms with van der Waals surface area (Å²) >= 11 is 0. The predicted molar refractivity (Wildman–Crippen MR) is 102 cm³/mol. The second-order valence-electron chi connectivity index (χ2n) is 6.23. The van der Waals surface area contributed by atoms with E-state index >= 15 is 0 Å². The maximum Gasteiger partial charge on any atom is 0.336 e. The third-order valence-electron chi connectivity index (χ3n) is 4.24. The molecule has 27 heavy (non-hydrogen) atoms.